The number of pyridine rings is 1. The van der Waals surface area contributed by atoms with E-state index >= 15 is 0 Å². The lowest BCUT2D eigenvalue weighted by atomic mass is 10.1. The van der Waals surface area contributed by atoms with Gasteiger partial charge in [0.2, 0.25) is 0 Å². The highest BCUT2D eigenvalue weighted by Crippen LogP contribution is 2.29. The molecule has 0 bridgehead atoms. The third-order valence-electron chi connectivity index (χ3n) is 3.42. The number of hydrogen-bond donors (Lipinski definition) is 2. The smallest absolute Gasteiger partial charge is 0.255 e. The van der Waals surface area contributed by atoms with Gasteiger partial charge in [0.15, 0.2) is 5.82 Å². The van der Waals surface area contributed by atoms with E-state index in [0.29, 0.717) is 28.4 Å². The Labute approximate surface area is 124 Å². The molecule has 0 spiro atoms. The van der Waals surface area contributed by atoms with Crippen LogP contribution in [0.15, 0.2) is 12.3 Å². The summed E-state index contributed by atoms with van der Waals surface area (Å²) < 4.78 is 0. The first-order chi connectivity index (χ1) is 9.52. The summed E-state index contributed by atoms with van der Waals surface area (Å²) in [6.07, 6.45) is 4.71. The summed E-state index contributed by atoms with van der Waals surface area (Å²) in [5.74, 6) is 6.25. The number of anilines is 1. The topological polar surface area (TPSA) is 71.2 Å². The third-order valence-corrected chi connectivity index (χ3v) is 3.71. The van der Waals surface area contributed by atoms with Crippen LogP contribution >= 0.6 is 11.6 Å². The molecule has 110 valence electrons. The lowest BCUT2D eigenvalue weighted by Crippen LogP contribution is -2.34. The molecule has 20 heavy (non-hydrogen) atoms. The second-order valence-electron chi connectivity index (χ2n) is 5.61. The van der Waals surface area contributed by atoms with Crippen molar-refractivity contribution in [2.75, 3.05) is 12.0 Å². The van der Waals surface area contributed by atoms with Gasteiger partial charge >= 0.3 is 0 Å². The molecule has 0 aromatic carbocycles. The molecule has 0 unspecified atom stereocenters. The summed E-state index contributed by atoms with van der Waals surface area (Å²) in [5.41, 5.74) is 2.92. The van der Waals surface area contributed by atoms with Crippen molar-refractivity contribution in [2.24, 2.45) is 11.8 Å². The largest absolute Gasteiger partial charge is 0.336 e. The molecule has 6 heteroatoms. The van der Waals surface area contributed by atoms with E-state index < -0.39 is 0 Å². The van der Waals surface area contributed by atoms with E-state index in [2.05, 4.69) is 24.3 Å². The van der Waals surface area contributed by atoms with Crippen LogP contribution in [0.25, 0.3) is 0 Å². The Bertz CT molecular complexity index is 488. The molecule has 1 aliphatic carbocycles. The fraction of sp³-hybridized carbons (Fsp3) is 0.571. The summed E-state index contributed by atoms with van der Waals surface area (Å²) in [7, 11) is 0. The minimum atomic E-state index is 0.00567. The summed E-state index contributed by atoms with van der Waals surface area (Å²) in [5, 5.41) is 0.359. The van der Waals surface area contributed by atoms with Crippen LogP contribution < -0.4 is 11.3 Å². The first kappa shape index (κ1) is 15.1. The van der Waals surface area contributed by atoms with E-state index in [1.807, 2.05) is 4.90 Å². The van der Waals surface area contributed by atoms with Gasteiger partial charge in [0, 0.05) is 18.8 Å². The number of carbonyl (C=O) groups is 1. The zero-order valence-electron chi connectivity index (χ0n) is 11.9. The molecule has 1 aromatic rings. The van der Waals surface area contributed by atoms with Crippen LogP contribution in [0.1, 0.15) is 43.5 Å². The zero-order valence-corrected chi connectivity index (χ0v) is 12.7. The molecule has 3 N–H and O–H groups in total. The second-order valence-corrected chi connectivity index (χ2v) is 6.02. The van der Waals surface area contributed by atoms with Crippen LogP contribution in [-0.4, -0.2) is 28.4 Å². The van der Waals surface area contributed by atoms with Crippen molar-refractivity contribution in [1.29, 1.82) is 0 Å². The molecule has 1 aromatic heterocycles. The Hall–Kier alpha value is -1.33. The average molecular weight is 297 g/mol. The molecule has 0 saturated heterocycles. The van der Waals surface area contributed by atoms with Crippen molar-refractivity contribution in [3.05, 3.63) is 22.8 Å². The number of hydrogen-bond acceptors (Lipinski definition) is 4. The number of nitrogen functional groups attached to an aromatic ring is 1. The SMILES string of the molecule is CC(C)CCN(C(=O)c1cnc(NN)c(Cl)c1)C1CC1. The van der Waals surface area contributed by atoms with Crippen molar-refractivity contribution >= 4 is 23.3 Å². The molecule has 0 aliphatic heterocycles. The van der Waals surface area contributed by atoms with Gasteiger partial charge in [-0.05, 0) is 31.2 Å². The molecular formula is C14H21ClN4O. The van der Waals surface area contributed by atoms with Gasteiger partial charge in [-0.1, -0.05) is 25.4 Å². The van der Waals surface area contributed by atoms with Crippen LogP contribution in [0.3, 0.4) is 0 Å². The van der Waals surface area contributed by atoms with Crippen LogP contribution in [0.4, 0.5) is 5.82 Å². The number of nitrogens with two attached hydrogens (primary N) is 1. The van der Waals surface area contributed by atoms with Crippen LogP contribution in [0, 0.1) is 5.92 Å². The van der Waals surface area contributed by atoms with Crippen molar-refractivity contribution in [1.82, 2.24) is 9.88 Å². The highest BCUT2D eigenvalue weighted by Gasteiger charge is 2.33. The monoisotopic (exact) mass is 296 g/mol. The fourth-order valence-corrected chi connectivity index (χ4v) is 2.28. The number of nitrogens with one attached hydrogen (secondary N) is 1. The number of hydrazine groups is 1. The van der Waals surface area contributed by atoms with Crippen molar-refractivity contribution in [3.8, 4) is 0 Å². The van der Waals surface area contributed by atoms with Gasteiger partial charge < -0.3 is 10.3 Å². The zero-order chi connectivity index (χ0) is 14.7. The number of halogens is 1. The Morgan fingerprint density at radius 3 is 2.80 bits per heavy atom. The van der Waals surface area contributed by atoms with E-state index in [0.717, 1.165) is 25.8 Å². The van der Waals surface area contributed by atoms with Crippen LogP contribution in [0.5, 0.6) is 0 Å². The van der Waals surface area contributed by atoms with E-state index in [9.17, 15) is 4.79 Å². The van der Waals surface area contributed by atoms with Crippen molar-refractivity contribution in [2.45, 2.75) is 39.2 Å². The molecule has 1 fully saturated rings. The van der Waals surface area contributed by atoms with E-state index in [1.54, 1.807) is 6.07 Å². The highest BCUT2D eigenvalue weighted by molar-refractivity contribution is 6.33. The fourth-order valence-electron chi connectivity index (χ4n) is 2.06. The summed E-state index contributed by atoms with van der Waals surface area (Å²) in [4.78, 5) is 18.6. The van der Waals surface area contributed by atoms with Crippen molar-refractivity contribution in [3.63, 3.8) is 0 Å². The lowest BCUT2D eigenvalue weighted by molar-refractivity contribution is 0.0735. The third kappa shape index (κ3) is 3.61. The number of aromatic nitrogens is 1. The Morgan fingerprint density at radius 2 is 2.30 bits per heavy atom. The van der Waals surface area contributed by atoms with Crippen LogP contribution in [-0.2, 0) is 0 Å². The standard InChI is InChI=1S/C14H21ClN4O/c1-9(2)5-6-19(11-3-4-11)14(20)10-7-12(15)13(18-16)17-8-10/h7-9,11H,3-6,16H2,1-2H3,(H,17,18). The van der Waals surface area contributed by atoms with Gasteiger partial charge in [0.25, 0.3) is 5.91 Å². The highest BCUT2D eigenvalue weighted by atomic mass is 35.5. The summed E-state index contributed by atoms with van der Waals surface area (Å²) in [6, 6.07) is 2.00. The quantitative estimate of drug-likeness (QED) is 0.625. The van der Waals surface area contributed by atoms with E-state index in [1.165, 1.54) is 6.20 Å². The predicted molar refractivity (Wildman–Crippen MR) is 80.6 cm³/mol. The molecular weight excluding hydrogens is 276 g/mol. The summed E-state index contributed by atoms with van der Waals surface area (Å²) in [6.45, 7) is 5.11. The normalized spacial score (nSPS) is 14.4. The Kier molecular flexibility index (Phi) is 4.83. The average Bonchev–Trinajstić information content (AvgIpc) is 3.23. The maximum absolute atomic E-state index is 12.6. The molecule has 1 heterocycles. The van der Waals surface area contributed by atoms with Crippen LogP contribution in [0.2, 0.25) is 5.02 Å². The maximum atomic E-state index is 12.6. The summed E-state index contributed by atoms with van der Waals surface area (Å²) >= 11 is 6.03. The lowest BCUT2D eigenvalue weighted by Gasteiger charge is -2.23. The maximum Gasteiger partial charge on any atom is 0.255 e. The minimum Gasteiger partial charge on any atom is -0.336 e. The van der Waals surface area contributed by atoms with Crippen molar-refractivity contribution < 1.29 is 4.79 Å². The van der Waals surface area contributed by atoms with Gasteiger partial charge in [-0.25, -0.2) is 10.8 Å². The first-order valence-electron chi connectivity index (χ1n) is 6.96. The van der Waals surface area contributed by atoms with Gasteiger partial charge in [0.05, 0.1) is 10.6 Å². The van der Waals surface area contributed by atoms with Gasteiger partial charge in [-0.2, -0.15) is 0 Å². The Morgan fingerprint density at radius 1 is 1.60 bits per heavy atom. The van der Waals surface area contributed by atoms with Gasteiger partial charge in [-0.3, -0.25) is 4.79 Å². The predicted octanol–water partition coefficient (Wildman–Crippen LogP) is 2.67. The number of nitrogens with zero attached hydrogens (tertiary/aromatic N) is 2. The first-order valence-corrected chi connectivity index (χ1v) is 7.34. The number of amides is 1. The van der Waals surface area contributed by atoms with E-state index in [-0.39, 0.29) is 5.91 Å². The molecule has 1 amide bonds. The second kappa shape index (κ2) is 6.41. The molecule has 2 rings (SSSR count). The molecule has 0 radical (unpaired) electrons. The van der Waals surface area contributed by atoms with Gasteiger partial charge in [0.1, 0.15) is 0 Å². The molecule has 5 nitrogen and oxygen atoms in total. The number of carbonyl (C=O) groups excluding carboxylic acids is 1. The van der Waals surface area contributed by atoms with E-state index in [4.69, 9.17) is 17.4 Å². The molecule has 1 saturated carbocycles. The molecule has 0 atom stereocenters. The Balaban J connectivity index is 2.12. The minimum absolute atomic E-state index is 0.00567. The number of rotatable bonds is 6. The molecule has 1 aliphatic rings. The van der Waals surface area contributed by atoms with Gasteiger partial charge in [-0.15, -0.1) is 0 Å².